The number of alkyl halides is 2. The molecule has 0 unspecified atom stereocenters. The van der Waals surface area contributed by atoms with E-state index >= 15 is 0 Å². The molecule has 0 spiro atoms. The molecule has 33 heavy (non-hydrogen) atoms. The van der Waals surface area contributed by atoms with Gasteiger partial charge >= 0.3 is 5.97 Å². The van der Waals surface area contributed by atoms with Gasteiger partial charge in [-0.1, -0.05) is 37.3 Å². The molecular formula is C27H33F2NO3. The van der Waals surface area contributed by atoms with Gasteiger partial charge in [-0.25, -0.2) is 8.78 Å². The first-order chi connectivity index (χ1) is 15.8. The fourth-order valence-corrected chi connectivity index (χ4v) is 3.94. The highest BCUT2D eigenvalue weighted by Crippen LogP contribution is 2.33. The Morgan fingerprint density at radius 2 is 1.70 bits per heavy atom. The summed E-state index contributed by atoms with van der Waals surface area (Å²) < 4.78 is 41.1. The van der Waals surface area contributed by atoms with Gasteiger partial charge in [0.2, 0.25) is 5.92 Å². The van der Waals surface area contributed by atoms with Crippen molar-refractivity contribution in [3.63, 3.8) is 0 Å². The molecule has 0 atom stereocenters. The van der Waals surface area contributed by atoms with Gasteiger partial charge in [-0.3, -0.25) is 4.79 Å². The molecule has 0 amide bonds. The third-order valence-corrected chi connectivity index (χ3v) is 5.59. The Morgan fingerprint density at radius 3 is 2.36 bits per heavy atom. The van der Waals surface area contributed by atoms with Crippen LogP contribution >= 0.6 is 0 Å². The van der Waals surface area contributed by atoms with Crippen molar-refractivity contribution >= 4 is 16.9 Å². The molecule has 3 aromatic rings. The third kappa shape index (κ3) is 6.80. The molecule has 4 nitrogen and oxygen atoms in total. The van der Waals surface area contributed by atoms with Crippen molar-refractivity contribution < 1.29 is 23.0 Å². The van der Waals surface area contributed by atoms with E-state index < -0.39 is 5.92 Å². The third-order valence-electron chi connectivity index (χ3n) is 5.59. The molecule has 3 rings (SSSR count). The summed E-state index contributed by atoms with van der Waals surface area (Å²) in [5, 5.41) is 1.12. The lowest BCUT2D eigenvalue weighted by Gasteiger charge is -2.17. The minimum Gasteiger partial charge on any atom is -0.494 e. The van der Waals surface area contributed by atoms with Gasteiger partial charge < -0.3 is 14.0 Å². The monoisotopic (exact) mass is 457 g/mol. The number of esters is 1. The van der Waals surface area contributed by atoms with Crippen LogP contribution < -0.4 is 4.74 Å². The Balaban J connectivity index is 1.58. The normalized spacial score (nSPS) is 11.8. The van der Waals surface area contributed by atoms with Gasteiger partial charge in [0.1, 0.15) is 5.75 Å². The van der Waals surface area contributed by atoms with Crippen molar-refractivity contribution in [1.82, 2.24) is 4.57 Å². The largest absolute Gasteiger partial charge is 0.494 e. The molecule has 2 aromatic carbocycles. The predicted molar refractivity (Wildman–Crippen MR) is 128 cm³/mol. The van der Waals surface area contributed by atoms with E-state index in [1.807, 2.05) is 36.4 Å². The molecule has 0 aliphatic heterocycles. The predicted octanol–water partition coefficient (Wildman–Crippen LogP) is 7.42. The highest BCUT2D eigenvalue weighted by Gasteiger charge is 2.27. The van der Waals surface area contributed by atoms with Crippen LogP contribution in [0.2, 0.25) is 0 Å². The van der Waals surface area contributed by atoms with Crippen LogP contribution in [0.25, 0.3) is 22.2 Å². The number of halogens is 2. The van der Waals surface area contributed by atoms with Gasteiger partial charge in [-0.05, 0) is 50.5 Å². The van der Waals surface area contributed by atoms with Crippen LogP contribution in [0.15, 0.2) is 54.6 Å². The Labute approximate surface area is 194 Å². The number of carbonyl (C=O) groups excluding carboxylic acids is 1. The van der Waals surface area contributed by atoms with Gasteiger partial charge in [-0.15, -0.1) is 0 Å². The maximum Gasteiger partial charge on any atom is 0.305 e. The summed E-state index contributed by atoms with van der Waals surface area (Å²) in [6, 6.07) is 18.6. The van der Waals surface area contributed by atoms with E-state index in [1.165, 1.54) is 0 Å². The molecule has 178 valence electrons. The summed E-state index contributed by atoms with van der Waals surface area (Å²) in [5.74, 6) is -2.47. The number of hydrogen-bond donors (Lipinski definition) is 0. The van der Waals surface area contributed by atoms with E-state index in [4.69, 9.17) is 9.47 Å². The Hall–Kier alpha value is -2.89. The molecule has 1 heterocycles. The fraction of sp³-hybridized carbons (Fsp3) is 0.444. The molecule has 0 aliphatic carbocycles. The van der Waals surface area contributed by atoms with Crippen molar-refractivity contribution in [3.8, 4) is 17.0 Å². The Morgan fingerprint density at radius 1 is 1.00 bits per heavy atom. The SMILES string of the molecule is CCC(=O)OCCCC(F)(F)CCCOc1ccc2cc(-c3ccccc3)n(C(C)C)c2c1. The number of rotatable bonds is 12. The summed E-state index contributed by atoms with van der Waals surface area (Å²) in [6.07, 6.45) is 0.124. The van der Waals surface area contributed by atoms with Gasteiger partial charge in [-0.2, -0.15) is 0 Å². The molecule has 0 saturated heterocycles. The first-order valence-corrected chi connectivity index (χ1v) is 11.7. The Kier molecular flexibility index (Phi) is 8.48. The molecule has 1 aromatic heterocycles. The summed E-state index contributed by atoms with van der Waals surface area (Å²) in [6.45, 7) is 6.23. The number of fused-ring (bicyclic) bond motifs is 1. The van der Waals surface area contributed by atoms with Gasteiger partial charge in [0.25, 0.3) is 0 Å². The van der Waals surface area contributed by atoms with E-state index in [2.05, 4.69) is 36.6 Å². The second kappa shape index (κ2) is 11.3. The lowest BCUT2D eigenvalue weighted by molar-refractivity contribution is -0.144. The topological polar surface area (TPSA) is 40.5 Å². The summed E-state index contributed by atoms with van der Waals surface area (Å²) in [5.41, 5.74) is 3.35. The average molecular weight is 458 g/mol. The van der Waals surface area contributed by atoms with Crippen LogP contribution in [-0.2, 0) is 9.53 Å². The van der Waals surface area contributed by atoms with E-state index in [0.717, 1.165) is 22.2 Å². The van der Waals surface area contributed by atoms with Crippen molar-refractivity contribution in [2.24, 2.45) is 0 Å². The number of hydrogen-bond acceptors (Lipinski definition) is 3. The molecule has 6 heteroatoms. The zero-order chi connectivity index (χ0) is 23.8. The lowest BCUT2D eigenvalue weighted by atomic mass is 10.1. The van der Waals surface area contributed by atoms with E-state index in [1.54, 1.807) is 6.92 Å². The molecule has 0 aliphatic rings. The van der Waals surface area contributed by atoms with Crippen LogP contribution in [0.4, 0.5) is 8.78 Å². The van der Waals surface area contributed by atoms with Gasteiger partial charge in [0, 0.05) is 42.5 Å². The molecule has 0 radical (unpaired) electrons. The minimum absolute atomic E-state index is 0.0409. The molecule has 0 bridgehead atoms. The Bertz CT molecular complexity index is 1040. The van der Waals surface area contributed by atoms with Crippen LogP contribution in [-0.4, -0.2) is 29.7 Å². The van der Waals surface area contributed by atoms with Crippen LogP contribution in [0.3, 0.4) is 0 Å². The first kappa shape index (κ1) is 24.7. The van der Waals surface area contributed by atoms with Crippen LogP contribution in [0, 0.1) is 0 Å². The molecule has 0 fully saturated rings. The molecular weight excluding hydrogens is 424 g/mol. The number of carbonyl (C=O) groups is 1. The molecule has 0 N–H and O–H groups in total. The standard InChI is InChI=1S/C27H33F2NO3/c1-4-26(31)33-17-9-15-27(28,29)14-8-16-32-23-13-12-22-18-24(21-10-6-5-7-11-21)30(20(2)3)25(22)19-23/h5-7,10-13,18-20H,4,8-9,14-17H2,1-3H3. The first-order valence-electron chi connectivity index (χ1n) is 11.7. The number of ether oxygens (including phenoxy) is 2. The zero-order valence-electron chi connectivity index (χ0n) is 19.7. The van der Waals surface area contributed by atoms with Crippen LogP contribution in [0.1, 0.15) is 58.9 Å². The van der Waals surface area contributed by atoms with Crippen molar-refractivity contribution in [2.45, 2.75) is 64.8 Å². The second-order valence-electron chi connectivity index (χ2n) is 8.57. The maximum absolute atomic E-state index is 14.1. The smallest absolute Gasteiger partial charge is 0.305 e. The van der Waals surface area contributed by atoms with Gasteiger partial charge in [0.05, 0.1) is 18.7 Å². The van der Waals surface area contributed by atoms with Crippen molar-refractivity contribution in [3.05, 3.63) is 54.6 Å². The summed E-state index contributed by atoms with van der Waals surface area (Å²) >= 11 is 0. The van der Waals surface area contributed by atoms with E-state index in [9.17, 15) is 13.6 Å². The van der Waals surface area contributed by atoms with Crippen LogP contribution in [0.5, 0.6) is 5.75 Å². The van der Waals surface area contributed by atoms with Crippen molar-refractivity contribution in [2.75, 3.05) is 13.2 Å². The summed E-state index contributed by atoms with van der Waals surface area (Å²) in [7, 11) is 0. The van der Waals surface area contributed by atoms with Gasteiger partial charge in [0.15, 0.2) is 0 Å². The fourth-order valence-electron chi connectivity index (χ4n) is 3.94. The molecule has 0 saturated carbocycles. The van der Waals surface area contributed by atoms with Crippen molar-refractivity contribution in [1.29, 1.82) is 0 Å². The zero-order valence-corrected chi connectivity index (χ0v) is 19.7. The minimum atomic E-state index is -2.79. The van der Waals surface area contributed by atoms with E-state index in [0.29, 0.717) is 5.75 Å². The summed E-state index contributed by atoms with van der Waals surface area (Å²) in [4.78, 5) is 11.1. The number of nitrogens with zero attached hydrogens (tertiary/aromatic N) is 1. The number of benzene rings is 2. The van der Waals surface area contributed by atoms with E-state index in [-0.39, 0.29) is 57.3 Å². The second-order valence-corrected chi connectivity index (χ2v) is 8.57. The number of aromatic nitrogens is 1. The average Bonchev–Trinajstić information content (AvgIpc) is 3.19. The lowest BCUT2D eigenvalue weighted by Crippen LogP contribution is -2.18. The quantitative estimate of drug-likeness (QED) is 0.210. The maximum atomic E-state index is 14.1. The highest BCUT2D eigenvalue weighted by molar-refractivity contribution is 5.88. The highest BCUT2D eigenvalue weighted by atomic mass is 19.3.